The third-order valence-electron chi connectivity index (χ3n) is 3.40. The minimum atomic E-state index is 0.949. The molecule has 19 heavy (non-hydrogen) atoms. The lowest BCUT2D eigenvalue weighted by molar-refractivity contribution is 0.413. The number of thiazole rings is 1. The van der Waals surface area contributed by atoms with E-state index in [0.29, 0.717) is 0 Å². The third kappa shape index (κ3) is 2.51. The molecule has 0 N–H and O–H groups in total. The minimum absolute atomic E-state index is 0.949. The predicted octanol–water partition coefficient (Wildman–Crippen LogP) is 2.48. The van der Waals surface area contributed by atoms with Crippen LogP contribution in [0.1, 0.15) is 0 Å². The second kappa shape index (κ2) is 5.48. The third-order valence-corrected chi connectivity index (χ3v) is 4.23. The molecule has 3 rings (SSSR count). The Morgan fingerprint density at radius 3 is 2.53 bits per heavy atom. The van der Waals surface area contributed by atoms with E-state index < -0.39 is 0 Å². The van der Waals surface area contributed by atoms with E-state index >= 15 is 0 Å². The van der Waals surface area contributed by atoms with Gasteiger partial charge in [0.1, 0.15) is 5.75 Å². The highest BCUT2D eigenvalue weighted by molar-refractivity contribution is 7.13. The van der Waals surface area contributed by atoms with Crippen LogP contribution in [-0.2, 0) is 0 Å². The van der Waals surface area contributed by atoms with Crippen LogP contribution in [-0.4, -0.2) is 38.3 Å². The second-order valence-corrected chi connectivity index (χ2v) is 5.33. The second-order valence-electron chi connectivity index (χ2n) is 4.46. The Morgan fingerprint density at radius 1 is 1.11 bits per heavy atom. The Labute approximate surface area is 117 Å². The van der Waals surface area contributed by atoms with E-state index in [1.165, 1.54) is 5.69 Å². The summed E-state index contributed by atoms with van der Waals surface area (Å²) in [6.07, 6.45) is 1.87. The Kier molecular flexibility index (Phi) is 3.55. The van der Waals surface area contributed by atoms with Gasteiger partial charge in [-0.25, -0.2) is 4.98 Å². The van der Waals surface area contributed by atoms with E-state index in [4.69, 9.17) is 4.74 Å². The number of hydrogen-bond acceptors (Lipinski definition) is 5. The van der Waals surface area contributed by atoms with E-state index in [1.54, 1.807) is 18.4 Å². The lowest BCUT2D eigenvalue weighted by Crippen LogP contribution is -2.46. The molecule has 0 atom stereocenters. The SMILES string of the molecule is COc1ccccc1N1CCN(c2nccs2)CC1. The Bertz CT molecular complexity index is 521. The highest BCUT2D eigenvalue weighted by atomic mass is 32.1. The smallest absolute Gasteiger partial charge is 0.185 e. The molecule has 0 spiro atoms. The van der Waals surface area contributed by atoms with Gasteiger partial charge < -0.3 is 14.5 Å². The first-order valence-corrected chi connectivity index (χ1v) is 7.29. The molecule has 2 aromatic rings. The van der Waals surface area contributed by atoms with Crippen LogP contribution in [0, 0.1) is 0 Å². The van der Waals surface area contributed by atoms with Gasteiger partial charge in [-0.05, 0) is 12.1 Å². The summed E-state index contributed by atoms with van der Waals surface area (Å²) < 4.78 is 5.43. The summed E-state index contributed by atoms with van der Waals surface area (Å²) in [5.41, 5.74) is 1.18. The van der Waals surface area contributed by atoms with Gasteiger partial charge in [-0.1, -0.05) is 12.1 Å². The van der Waals surface area contributed by atoms with Crippen molar-refractivity contribution in [2.45, 2.75) is 0 Å². The number of ether oxygens (including phenoxy) is 1. The zero-order valence-electron chi connectivity index (χ0n) is 11.0. The maximum absolute atomic E-state index is 5.43. The predicted molar refractivity (Wildman–Crippen MR) is 79.5 cm³/mol. The lowest BCUT2D eigenvalue weighted by Gasteiger charge is -2.36. The fourth-order valence-electron chi connectivity index (χ4n) is 2.40. The normalized spacial score (nSPS) is 15.6. The number of nitrogens with zero attached hydrogens (tertiary/aromatic N) is 3. The summed E-state index contributed by atoms with van der Waals surface area (Å²) in [5, 5.41) is 3.15. The Morgan fingerprint density at radius 2 is 1.84 bits per heavy atom. The molecule has 0 unspecified atom stereocenters. The Hall–Kier alpha value is -1.75. The molecular weight excluding hydrogens is 258 g/mol. The zero-order chi connectivity index (χ0) is 13.1. The number of hydrogen-bond donors (Lipinski definition) is 0. The summed E-state index contributed by atoms with van der Waals surface area (Å²) in [7, 11) is 1.73. The number of benzene rings is 1. The quantitative estimate of drug-likeness (QED) is 0.860. The van der Waals surface area contributed by atoms with Gasteiger partial charge in [0, 0.05) is 37.8 Å². The van der Waals surface area contributed by atoms with E-state index in [-0.39, 0.29) is 0 Å². The maximum Gasteiger partial charge on any atom is 0.185 e. The van der Waals surface area contributed by atoms with Gasteiger partial charge in [-0.2, -0.15) is 0 Å². The minimum Gasteiger partial charge on any atom is -0.495 e. The van der Waals surface area contributed by atoms with Crippen LogP contribution in [0.15, 0.2) is 35.8 Å². The molecule has 1 aliphatic rings. The van der Waals surface area contributed by atoms with Gasteiger partial charge in [0.25, 0.3) is 0 Å². The van der Waals surface area contributed by atoms with Gasteiger partial charge in [0.2, 0.25) is 0 Å². The van der Waals surface area contributed by atoms with Crippen LogP contribution < -0.4 is 14.5 Å². The Balaban J connectivity index is 1.70. The summed E-state index contributed by atoms with van der Waals surface area (Å²) >= 11 is 1.71. The fourth-order valence-corrected chi connectivity index (χ4v) is 3.10. The molecule has 1 aromatic heterocycles. The van der Waals surface area contributed by atoms with Gasteiger partial charge in [-0.15, -0.1) is 11.3 Å². The first-order chi connectivity index (χ1) is 9.38. The van der Waals surface area contributed by atoms with E-state index in [9.17, 15) is 0 Å². The molecule has 2 heterocycles. The molecule has 100 valence electrons. The van der Waals surface area contributed by atoms with Crippen molar-refractivity contribution in [2.24, 2.45) is 0 Å². The fraction of sp³-hybridized carbons (Fsp3) is 0.357. The van der Waals surface area contributed by atoms with Crippen molar-refractivity contribution in [3.05, 3.63) is 35.8 Å². The van der Waals surface area contributed by atoms with Gasteiger partial charge >= 0.3 is 0 Å². The molecule has 1 aromatic carbocycles. The summed E-state index contributed by atoms with van der Waals surface area (Å²) in [5.74, 6) is 0.949. The molecule has 0 bridgehead atoms. The lowest BCUT2D eigenvalue weighted by atomic mass is 10.2. The van der Waals surface area contributed by atoms with Crippen molar-refractivity contribution in [1.29, 1.82) is 0 Å². The van der Waals surface area contributed by atoms with Crippen molar-refractivity contribution >= 4 is 22.2 Å². The summed E-state index contributed by atoms with van der Waals surface area (Å²) in [6, 6.07) is 8.21. The first-order valence-electron chi connectivity index (χ1n) is 6.41. The van der Waals surface area contributed by atoms with Crippen LogP contribution in [0.4, 0.5) is 10.8 Å². The van der Waals surface area contributed by atoms with Gasteiger partial charge in [-0.3, -0.25) is 0 Å². The van der Waals surface area contributed by atoms with Crippen molar-refractivity contribution in [2.75, 3.05) is 43.1 Å². The molecule has 0 radical (unpaired) electrons. The number of anilines is 2. The van der Waals surface area contributed by atoms with Crippen LogP contribution in [0.2, 0.25) is 0 Å². The standard InChI is InChI=1S/C14H17N3OS/c1-18-13-5-3-2-4-12(13)16-7-9-17(10-8-16)14-15-6-11-19-14/h2-6,11H,7-10H2,1H3. The first kappa shape index (κ1) is 12.3. The molecular formula is C14H17N3OS. The van der Waals surface area contributed by atoms with Crippen molar-refractivity contribution < 1.29 is 4.74 Å². The van der Waals surface area contributed by atoms with Crippen molar-refractivity contribution in [3.63, 3.8) is 0 Å². The number of methoxy groups -OCH3 is 1. The van der Waals surface area contributed by atoms with Crippen LogP contribution in [0.5, 0.6) is 5.75 Å². The van der Waals surface area contributed by atoms with Crippen molar-refractivity contribution in [1.82, 2.24) is 4.98 Å². The maximum atomic E-state index is 5.43. The van der Waals surface area contributed by atoms with Gasteiger partial charge in [0.05, 0.1) is 12.8 Å². The number of aromatic nitrogens is 1. The van der Waals surface area contributed by atoms with Crippen molar-refractivity contribution in [3.8, 4) is 5.75 Å². The molecule has 0 saturated carbocycles. The highest BCUT2D eigenvalue weighted by Crippen LogP contribution is 2.29. The molecule has 1 fully saturated rings. The van der Waals surface area contributed by atoms with Crippen LogP contribution in [0.25, 0.3) is 0 Å². The number of rotatable bonds is 3. The van der Waals surface area contributed by atoms with E-state index in [0.717, 1.165) is 37.1 Å². The molecule has 4 nitrogen and oxygen atoms in total. The monoisotopic (exact) mass is 275 g/mol. The molecule has 1 saturated heterocycles. The summed E-state index contributed by atoms with van der Waals surface area (Å²) in [4.78, 5) is 9.09. The largest absolute Gasteiger partial charge is 0.495 e. The summed E-state index contributed by atoms with van der Waals surface area (Å²) in [6.45, 7) is 4.01. The van der Waals surface area contributed by atoms with Gasteiger partial charge in [0.15, 0.2) is 5.13 Å². The van der Waals surface area contributed by atoms with E-state index in [1.807, 2.05) is 23.7 Å². The molecule has 0 aliphatic carbocycles. The zero-order valence-corrected chi connectivity index (χ0v) is 11.8. The topological polar surface area (TPSA) is 28.6 Å². The van der Waals surface area contributed by atoms with Crippen LogP contribution >= 0.6 is 11.3 Å². The highest BCUT2D eigenvalue weighted by Gasteiger charge is 2.20. The average molecular weight is 275 g/mol. The van der Waals surface area contributed by atoms with Crippen LogP contribution in [0.3, 0.4) is 0 Å². The molecule has 0 amide bonds. The molecule has 1 aliphatic heterocycles. The molecule has 5 heteroatoms. The average Bonchev–Trinajstić information content (AvgIpc) is 3.02. The number of para-hydroxylation sites is 2. The van der Waals surface area contributed by atoms with E-state index in [2.05, 4.69) is 26.9 Å². The number of piperazine rings is 1.